The lowest BCUT2D eigenvalue weighted by molar-refractivity contribution is -0.123. The van der Waals surface area contributed by atoms with Crippen LogP contribution in [0.4, 0.5) is 0 Å². The summed E-state index contributed by atoms with van der Waals surface area (Å²) in [6.45, 7) is 2.55. The minimum absolute atomic E-state index is 0.125. The Balaban J connectivity index is 1.98. The second-order valence-electron chi connectivity index (χ2n) is 5.46. The van der Waals surface area contributed by atoms with Crippen LogP contribution in [0.5, 0.6) is 28.7 Å². The number of ether oxygens (including phenoxy) is 5. The van der Waals surface area contributed by atoms with Crippen LogP contribution in [0.2, 0.25) is 0 Å². The van der Waals surface area contributed by atoms with E-state index in [1.165, 1.54) is 0 Å². The van der Waals surface area contributed by atoms with Gasteiger partial charge in [-0.3, -0.25) is 4.79 Å². The van der Waals surface area contributed by atoms with Crippen LogP contribution in [-0.4, -0.2) is 40.5 Å². The first kappa shape index (κ1) is 20.2. The van der Waals surface area contributed by atoms with Gasteiger partial charge in [-0.2, -0.15) is 0 Å². The van der Waals surface area contributed by atoms with E-state index < -0.39 is 0 Å². The number of rotatable bonds is 10. The highest BCUT2D eigenvalue weighted by Crippen LogP contribution is 2.34. The molecule has 0 atom stereocenters. The summed E-state index contributed by atoms with van der Waals surface area (Å²) in [7, 11) is 4.66. The molecule has 0 fully saturated rings. The maximum Gasteiger partial charge on any atom is 0.258 e. The Labute approximate surface area is 159 Å². The Morgan fingerprint density at radius 2 is 1.44 bits per heavy atom. The quantitative estimate of drug-likeness (QED) is 0.688. The van der Waals surface area contributed by atoms with Gasteiger partial charge in [-0.05, 0) is 25.1 Å². The van der Waals surface area contributed by atoms with Gasteiger partial charge >= 0.3 is 0 Å². The lowest BCUT2D eigenvalue weighted by Crippen LogP contribution is -2.28. The zero-order valence-corrected chi connectivity index (χ0v) is 16.0. The second kappa shape index (κ2) is 10.2. The smallest absolute Gasteiger partial charge is 0.258 e. The maximum absolute atomic E-state index is 12.2. The number of methoxy groups -OCH3 is 3. The van der Waals surface area contributed by atoms with Gasteiger partial charge in [0.1, 0.15) is 5.75 Å². The summed E-state index contributed by atoms with van der Waals surface area (Å²) in [4.78, 5) is 12.2. The fourth-order valence-corrected chi connectivity index (χ4v) is 2.46. The largest absolute Gasteiger partial charge is 0.496 e. The Kier molecular flexibility index (Phi) is 7.61. The van der Waals surface area contributed by atoms with Crippen LogP contribution in [0.25, 0.3) is 0 Å². The summed E-state index contributed by atoms with van der Waals surface area (Å²) >= 11 is 0. The van der Waals surface area contributed by atoms with Crippen LogP contribution in [0, 0.1) is 0 Å². The normalized spacial score (nSPS) is 10.1. The van der Waals surface area contributed by atoms with Crippen LogP contribution in [0.15, 0.2) is 36.4 Å². The van der Waals surface area contributed by atoms with Crippen LogP contribution < -0.4 is 29.0 Å². The van der Waals surface area contributed by atoms with Crippen molar-refractivity contribution < 1.29 is 28.5 Å². The number of carbonyl (C=O) groups excluding carboxylic acids is 1. The van der Waals surface area contributed by atoms with Gasteiger partial charge in [0.05, 0.1) is 27.9 Å². The third-order valence-electron chi connectivity index (χ3n) is 3.77. The molecule has 2 rings (SSSR count). The predicted molar refractivity (Wildman–Crippen MR) is 101 cm³/mol. The van der Waals surface area contributed by atoms with Gasteiger partial charge in [-0.15, -0.1) is 0 Å². The molecule has 2 aromatic rings. The average molecular weight is 375 g/mol. The molecule has 0 aliphatic carbocycles. The second-order valence-corrected chi connectivity index (χ2v) is 5.46. The summed E-state index contributed by atoms with van der Waals surface area (Å²) in [5.74, 6) is 2.57. The Morgan fingerprint density at radius 3 is 2.04 bits per heavy atom. The van der Waals surface area contributed by atoms with Gasteiger partial charge in [-0.1, -0.05) is 12.1 Å². The monoisotopic (exact) mass is 375 g/mol. The van der Waals surface area contributed by atoms with E-state index in [0.29, 0.717) is 35.4 Å². The van der Waals surface area contributed by atoms with Crippen molar-refractivity contribution in [2.75, 3.05) is 34.5 Å². The topological polar surface area (TPSA) is 75.3 Å². The zero-order chi connectivity index (χ0) is 19.6. The van der Waals surface area contributed by atoms with Crippen LogP contribution >= 0.6 is 0 Å². The van der Waals surface area contributed by atoms with Crippen molar-refractivity contribution in [2.45, 2.75) is 13.5 Å². The van der Waals surface area contributed by atoms with E-state index >= 15 is 0 Å². The van der Waals surface area contributed by atoms with E-state index in [1.807, 2.05) is 19.1 Å². The number of hydrogen-bond donors (Lipinski definition) is 1. The molecule has 0 unspecified atom stereocenters. The molecule has 0 aliphatic rings. The molecule has 27 heavy (non-hydrogen) atoms. The molecular formula is C20H25NO6. The molecule has 0 heterocycles. The maximum atomic E-state index is 12.2. The van der Waals surface area contributed by atoms with E-state index in [2.05, 4.69) is 5.32 Å². The number of carbonyl (C=O) groups is 1. The van der Waals surface area contributed by atoms with Crippen molar-refractivity contribution >= 4 is 5.91 Å². The first-order valence-corrected chi connectivity index (χ1v) is 8.53. The van der Waals surface area contributed by atoms with Crippen molar-refractivity contribution in [3.63, 3.8) is 0 Å². The highest BCUT2D eigenvalue weighted by molar-refractivity contribution is 5.77. The highest BCUT2D eigenvalue weighted by Gasteiger charge is 2.13. The van der Waals surface area contributed by atoms with Crippen molar-refractivity contribution in [2.24, 2.45) is 0 Å². The summed E-state index contributed by atoms with van der Waals surface area (Å²) in [6.07, 6.45) is 0. The van der Waals surface area contributed by atoms with Gasteiger partial charge in [-0.25, -0.2) is 0 Å². The molecule has 7 nitrogen and oxygen atoms in total. The van der Waals surface area contributed by atoms with E-state index in [1.54, 1.807) is 45.6 Å². The summed E-state index contributed by atoms with van der Waals surface area (Å²) in [6, 6.07) is 10.7. The number of benzene rings is 2. The minimum Gasteiger partial charge on any atom is -0.496 e. The third kappa shape index (κ3) is 5.44. The van der Waals surface area contributed by atoms with Gasteiger partial charge in [0, 0.05) is 18.2 Å². The molecule has 2 aromatic carbocycles. The van der Waals surface area contributed by atoms with E-state index in [-0.39, 0.29) is 19.1 Å². The summed E-state index contributed by atoms with van der Waals surface area (Å²) in [5.41, 5.74) is 0.762. The Hall–Kier alpha value is -3.09. The molecule has 1 N–H and O–H groups in total. The summed E-state index contributed by atoms with van der Waals surface area (Å²) < 4.78 is 26.9. The average Bonchev–Trinajstić information content (AvgIpc) is 2.71. The first-order valence-electron chi connectivity index (χ1n) is 8.53. The predicted octanol–water partition coefficient (Wildman–Crippen LogP) is 2.81. The Bertz CT molecular complexity index is 762. The molecule has 0 aliphatic heterocycles. The lowest BCUT2D eigenvalue weighted by atomic mass is 10.1. The molecule has 7 heteroatoms. The van der Waals surface area contributed by atoms with Gasteiger partial charge < -0.3 is 29.0 Å². The molecular weight excluding hydrogens is 350 g/mol. The van der Waals surface area contributed by atoms with Crippen molar-refractivity contribution in [1.29, 1.82) is 0 Å². The van der Waals surface area contributed by atoms with Gasteiger partial charge in [0.25, 0.3) is 5.91 Å². The molecule has 0 bridgehead atoms. The van der Waals surface area contributed by atoms with Crippen molar-refractivity contribution in [3.8, 4) is 28.7 Å². The number of hydrogen-bond acceptors (Lipinski definition) is 6. The highest BCUT2D eigenvalue weighted by atomic mass is 16.5. The number of nitrogens with one attached hydrogen (secondary N) is 1. The SMILES string of the molecule is CCOc1ccccc1OCC(=O)NCc1cc(OC)c(OC)cc1OC. The Morgan fingerprint density at radius 1 is 0.852 bits per heavy atom. The first-order chi connectivity index (χ1) is 13.1. The summed E-state index contributed by atoms with van der Waals surface area (Å²) in [5, 5.41) is 2.80. The lowest BCUT2D eigenvalue weighted by Gasteiger charge is -2.15. The molecule has 0 aromatic heterocycles. The van der Waals surface area contributed by atoms with E-state index in [0.717, 1.165) is 5.56 Å². The third-order valence-corrected chi connectivity index (χ3v) is 3.77. The van der Waals surface area contributed by atoms with Crippen molar-refractivity contribution in [1.82, 2.24) is 5.32 Å². The fraction of sp³-hybridized carbons (Fsp3) is 0.350. The molecule has 0 radical (unpaired) electrons. The number of amides is 1. The molecule has 0 spiro atoms. The number of para-hydroxylation sites is 2. The van der Waals surface area contributed by atoms with Crippen LogP contribution in [-0.2, 0) is 11.3 Å². The molecule has 0 saturated carbocycles. The molecule has 146 valence electrons. The van der Waals surface area contributed by atoms with E-state index in [9.17, 15) is 4.79 Å². The van der Waals surface area contributed by atoms with Gasteiger partial charge in [0.2, 0.25) is 0 Å². The van der Waals surface area contributed by atoms with Crippen LogP contribution in [0.3, 0.4) is 0 Å². The van der Waals surface area contributed by atoms with Crippen LogP contribution in [0.1, 0.15) is 12.5 Å². The van der Waals surface area contributed by atoms with Crippen molar-refractivity contribution in [3.05, 3.63) is 42.0 Å². The molecule has 0 saturated heterocycles. The fourth-order valence-electron chi connectivity index (χ4n) is 2.46. The minimum atomic E-state index is -0.266. The standard InChI is InChI=1S/C20H25NO6/c1-5-26-15-8-6-7-9-16(15)27-13-20(22)21-12-14-10-18(24-3)19(25-4)11-17(14)23-2/h6-11H,5,12-13H2,1-4H3,(H,21,22). The van der Waals surface area contributed by atoms with E-state index in [4.69, 9.17) is 23.7 Å². The van der Waals surface area contributed by atoms with Gasteiger partial charge in [0.15, 0.2) is 29.6 Å². The molecule has 1 amide bonds. The zero-order valence-electron chi connectivity index (χ0n) is 16.0.